The van der Waals surface area contributed by atoms with Crippen molar-refractivity contribution in [2.75, 3.05) is 12.4 Å². The van der Waals surface area contributed by atoms with E-state index in [1.165, 1.54) is 13.2 Å². The highest BCUT2D eigenvalue weighted by Crippen LogP contribution is 2.31. The third-order valence-electron chi connectivity index (χ3n) is 3.06. The molecule has 0 aliphatic rings. The highest BCUT2D eigenvalue weighted by molar-refractivity contribution is 6.31. The molecular formula is C16H15ClFNO2. The Hall–Kier alpha value is -2.07. The molecule has 2 aromatic rings. The van der Waals surface area contributed by atoms with Crippen molar-refractivity contribution in [3.8, 4) is 5.75 Å². The van der Waals surface area contributed by atoms with E-state index in [9.17, 15) is 9.18 Å². The predicted octanol–water partition coefficient (Wildman–Crippen LogP) is 3.98. The van der Waals surface area contributed by atoms with E-state index in [0.29, 0.717) is 22.0 Å². The molecule has 0 aliphatic carbocycles. The maximum Gasteiger partial charge on any atom is 0.229 e. The van der Waals surface area contributed by atoms with Crippen molar-refractivity contribution < 1.29 is 13.9 Å². The van der Waals surface area contributed by atoms with Crippen LogP contribution < -0.4 is 10.1 Å². The molecular weight excluding hydrogens is 293 g/mol. The first-order chi connectivity index (χ1) is 10.0. The topological polar surface area (TPSA) is 38.3 Å². The number of benzene rings is 2. The first-order valence-corrected chi connectivity index (χ1v) is 6.76. The lowest BCUT2D eigenvalue weighted by molar-refractivity contribution is -0.115. The first kappa shape index (κ1) is 15.3. The minimum Gasteiger partial charge on any atom is -0.495 e. The van der Waals surface area contributed by atoms with E-state index in [1.807, 2.05) is 6.92 Å². The van der Waals surface area contributed by atoms with Crippen LogP contribution in [0.15, 0.2) is 36.4 Å². The molecule has 21 heavy (non-hydrogen) atoms. The van der Waals surface area contributed by atoms with E-state index < -0.39 is 5.82 Å². The second-order valence-electron chi connectivity index (χ2n) is 4.62. The van der Waals surface area contributed by atoms with Gasteiger partial charge in [-0.25, -0.2) is 4.39 Å². The minimum atomic E-state index is -0.396. The van der Waals surface area contributed by atoms with Crippen LogP contribution in [-0.4, -0.2) is 13.0 Å². The lowest BCUT2D eigenvalue weighted by Gasteiger charge is -2.12. The van der Waals surface area contributed by atoms with Crippen molar-refractivity contribution in [1.29, 1.82) is 0 Å². The van der Waals surface area contributed by atoms with Crippen LogP contribution in [0.25, 0.3) is 0 Å². The van der Waals surface area contributed by atoms with E-state index in [1.54, 1.807) is 30.3 Å². The van der Waals surface area contributed by atoms with E-state index in [0.717, 1.165) is 5.56 Å². The van der Waals surface area contributed by atoms with Crippen molar-refractivity contribution >= 4 is 23.2 Å². The molecule has 0 bridgehead atoms. The summed E-state index contributed by atoms with van der Waals surface area (Å²) in [7, 11) is 1.49. The number of methoxy groups -OCH3 is 1. The number of hydrogen-bond acceptors (Lipinski definition) is 2. The summed E-state index contributed by atoms with van der Waals surface area (Å²) in [5, 5.41) is 3.27. The lowest BCUT2D eigenvalue weighted by atomic mass is 10.1. The Morgan fingerprint density at radius 2 is 2.05 bits per heavy atom. The van der Waals surface area contributed by atoms with Crippen LogP contribution in [0.5, 0.6) is 5.75 Å². The zero-order valence-corrected chi connectivity index (χ0v) is 12.5. The zero-order valence-electron chi connectivity index (χ0n) is 11.7. The molecule has 2 rings (SSSR count). The van der Waals surface area contributed by atoms with Gasteiger partial charge in [0.2, 0.25) is 5.91 Å². The van der Waals surface area contributed by atoms with Gasteiger partial charge >= 0.3 is 0 Å². The highest BCUT2D eigenvalue weighted by Gasteiger charge is 2.12. The van der Waals surface area contributed by atoms with Crippen LogP contribution >= 0.6 is 11.6 Å². The van der Waals surface area contributed by atoms with Gasteiger partial charge in [0, 0.05) is 11.1 Å². The summed E-state index contributed by atoms with van der Waals surface area (Å²) in [5.41, 5.74) is 1.68. The van der Waals surface area contributed by atoms with Gasteiger partial charge in [0.15, 0.2) is 0 Å². The molecule has 0 aromatic heterocycles. The molecule has 3 nitrogen and oxygen atoms in total. The Bertz CT molecular complexity index is 673. The van der Waals surface area contributed by atoms with E-state index >= 15 is 0 Å². The van der Waals surface area contributed by atoms with E-state index in [4.69, 9.17) is 16.3 Å². The maximum atomic E-state index is 13.5. The number of amides is 1. The fourth-order valence-corrected chi connectivity index (χ4v) is 2.09. The first-order valence-electron chi connectivity index (χ1n) is 6.38. The Balaban J connectivity index is 2.17. The Morgan fingerprint density at radius 3 is 2.71 bits per heavy atom. The Kier molecular flexibility index (Phi) is 4.81. The van der Waals surface area contributed by atoms with E-state index in [-0.39, 0.29) is 12.3 Å². The van der Waals surface area contributed by atoms with Gasteiger partial charge in [-0.15, -0.1) is 0 Å². The third kappa shape index (κ3) is 3.73. The molecule has 0 fully saturated rings. The molecule has 0 atom stereocenters. The second kappa shape index (κ2) is 6.59. The molecule has 0 radical (unpaired) electrons. The van der Waals surface area contributed by atoms with Crippen molar-refractivity contribution in [2.45, 2.75) is 13.3 Å². The normalized spacial score (nSPS) is 10.3. The SMILES string of the molecule is COc1cc(Cl)c(C)cc1NC(=O)Cc1ccccc1F. The fourth-order valence-electron chi connectivity index (χ4n) is 1.94. The van der Waals surface area contributed by atoms with Crippen LogP contribution in [0.1, 0.15) is 11.1 Å². The summed E-state index contributed by atoms with van der Waals surface area (Å²) in [5.74, 6) is -0.250. The minimum absolute atomic E-state index is 0.0441. The summed E-state index contributed by atoms with van der Waals surface area (Å²) in [6, 6.07) is 9.55. The molecule has 0 saturated carbocycles. The van der Waals surface area contributed by atoms with Gasteiger partial charge in [-0.1, -0.05) is 29.8 Å². The second-order valence-corrected chi connectivity index (χ2v) is 5.03. The largest absolute Gasteiger partial charge is 0.495 e. The van der Waals surface area contributed by atoms with Crippen LogP contribution in [-0.2, 0) is 11.2 Å². The molecule has 0 spiro atoms. The molecule has 0 aliphatic heterocycles. The molecule has 0 heterocycles. The number of carbonyl (C=O) groups is 1. The number of carbonyl (C=O) groups excluding carboxylic acids is 1. The van der Waals surface area contributed by atoms with Gasteiger partial charge in [-0.3, -0.25) is 4.79 Å². The number of anilines is 1. The number of ether oxygens (including phenoxy) is 1. The van der Waals surface area contributed by atoms with Gasteiger partial charge < -0.3 is 10.1 Å². The molecule has 0 unspecified atom stereocenters. The average Bonchev–Trinajstić information content (AvgIpc) is 2.45. The van der Waals surface area contributed by atoms with E-state index in [2.05, 4.69) is 5.32 Å². The number of nitrogens with one attached hydrogen (secondary N) is 1. The third-order valence-corrected chi connectivity index (χ3v) is 3.47. The van der Waals surface area contributed by atoms with Gasteiger partial charge in [0.05, 0.1) is 19.2 Å². The predicted molar refractivity (Wildman–Crippen MR) is 81.5 cm³/mol. The number of halogens is 2. The van der Waals surface area contributed by atoms with Crippen molar-refractivity contribution in [3.05, 3.63) is 58.4 Å². The van der Waals surface area contributed by atoms with Gasteiger partial charge in [-0.2, -0.15) is 0 Å². The summed E-state index contributed by atoms with van der Waals surface area (Å²) in [6.07, 6.45) is -0.0441. The van der Waals surface area contributed by atoms with Crippen LogP contribution in [0.2, 0.25) is 5.02 Å². The summed E-state index contributed by atoms with van der Waals surface area (Å²) >= 11 is 6.01. The zero-order chi connectivity index (χ0) is 15.4. The average molecular weight is 308 g/mol. The Morgan fingerprint density at radius 1 is 1.33 bits per heavy atom. The molecule has 110 valence electrons. The van der Waals surface area contributed by atoms with Crippen molar-refractivity contribution in [1.82, 2.24) is 0 Å². The number of hydrogen-bond donors (Lipinski definition) is 1. The molecule has 2 aromatic carbocycles. The van der Waals surface area contributed by atoms with Gasteiger partial charge in [0.1, 0.15) is 11.6 Å². The number of aryl methyl sites for hydroxylation is 1. The monoisotopic (exact) mass is 307 g/mol. The molecule has 5 heteroatoms. The fraction of sp³-hybridized carbons (Fsp3) is 0.188. The van der Waals surface area contributed by atoms with Gasteiger partial charge in [-0.05, 0) is 30.2 Å². The summed E-state index contributed by atoms with van der Waals surface area (Å²) in [4.78, 5) is 12.0. The summed E-state index contributed by atoms with van der Waals surface area (Å²) < 4.78 is 18.7. The summed E-state index contributed by atoms with van der Waals surface area (Å²) in [6.45, 7) is 1.83. The maximum absolute atomic E-state index is 13.5. The standard InChI is InChI=1S/C16H15ClFNO2/c1-10-7-14(15(21-2)9-12(10)17)19-16(20)8-11-5-3-4-6-13(11)18/h3-7,9H,8H2,1-2H3,(H,19,20). The molecule has 1 N–H and O–H groups in total. The van der Waals surface area contributed by atoms with Crippen LogP contribution in [0.3, 0.4) is 0 Å². The van der Waals surface area contributed by atoms with Crippen LogP contribution in [0.4, 0.5) is 10.1 Å². The number of rotatable bonds is 4. The van der Waals surface area contributed by atoms with Gasteiger partial charge in [0.25, 0.3) is 0 Å². The quantitative estimate of drug-likeness (QED) is 0.928. The van der Waals surface area contributed by atoms with Crippen LogP contribution in [0, 0.1) is 12.7 Å². The van der Waals surface area contributed by atoms with Crippen molar-refractivity contribution in [2.24, 2.45) is 0 Å². The molecule has 0 saturated heterocycles. The highest BCUT2D eigenvalue weighted by atomic mass is 35.5. The molecule has 1 amide bonds. The smallest absolute Gasteiger partial charge is 0.229 e. The lowest BCUT2D eigenvalue weighted by Crippen LogP contribution is -2.16. The Labute approximate surface area is 127 Å². The van der Waals surface area contributed by atoms with Crippen molar-refractivity contribution in [3.63, 3.8) is 0 Å².